The van der Waals surface area contributed by atoms with E-state index >= 15 is 0 Å². The van der Waals surface area contributed by atoms with E-state index in [2.05, 4.69) is 10.3 Å². The molecule has 0 aromatic carbocycles. The number of nitrogens with one attached hydrogen (secondary N) is 1. The third-order valence-electron chi connectivity index (χ3n) is 5.46. The summed E-state index contributed by atoms with van der Waals surface area (Å²) in [6.45, 7) is 1.15. The van der Waals surface area contributed by atoms with E-state index < -0.39 is 10.0 Å². The predicted molar refractivity (Wildman–Crippen MR) is 118 cm³/mol. The van der Waals surface area contributed by atoms with Gasteiger partial charge >= 0.3 is 0 Å². The van der Waals surface area contributed by atoms with Gasteiger partial charge in [0.2, 0.25) is 0 Å². The first-order chi connectivity index (χ1) is 14.0. The van der Waals surface area contributed by atoms with Gasteiger partial charge in [-0.15, -0.1) is 22.7 Å². The zero-order valence-electron chi connectivity index (χ0n) is 16.2. The molecular formula is C20H25N3O3S3. The first-order valence-corrected chi connectivity index (χ1v) is 13.2. The van der Waals surface area contributed by atoms with Gasteiger partial charge in [0.05, 0.1) is 5.57 Å². The van der Waals surface area contributed by atoms with Gasteiger partial charge in [0.25, 0.3) is 15.9 Å². The van der Waals surface area contributed by atoms with Crippen molar-refractivity contribution in [3.63, 3.8) is 0 Å². The van der Waals surface area contributed by atoms with Gasteiger partial charge in [-0.2, -0.15) is 4.31 Å². The maximum atomic E-state index is 13.0. The Bertz CT molecular complexity index is 968. The maximum Gasteiger partial charge on any atom is 0.258 e. The lowest BCUT2D eigenvalue weighted by atomic mass is 10.0. The van der Waals surface area contributed by atoms with E-state index in [-0.39, 0.29) is 5.91 Å². The molecule has 29 heavy (non-hydrogen) atoms. The summed E-state index contributed by atoms with van der Waals surface area (Å²) in [5.41, 5.74) is 0.553. The smallest absolute Gasteiger partial charge is 0.258 e. The molecule has 1 aliphatic heterocycles. The number of carbonyl (C=O) groups excluding carboxylic acids is 1. The van der Waals surface area contributed by atoms with Crippen molar-refractivity contribution in [1.29, 1.82) is 0 Å². The molecule has 2 fully saturated rings. The molecule has 1 N–H and O–H groups in total. The van der Waals surface area contributed by atoms with Crippen LogP contribution < -0.4 is 5.32 Å². The summed E-state index contributed by atoms with van der Waals surface area (Å²) >= 11 is 2.56. The Morgan fingerprint density at radius 3 is 2.59 bits per heavy atom. The molecule has 0 bridgehead atoms. The summed E-state index contributed by atoms with van der Waals surface area (Å²) in [4.78, 5) is 17.8. The van der Waals surface area contributed by atoms with Gasteiger partial charge in [-0.1, -0.05) is 25.3 Å². The molecular weight excluding hydrogens is 426 g/mol. The minimum absolute atomic E-state index is 0.226. The fraction of sp³-hybridized carbons (Fsp3) is 0.500. The van der Waals surface area contributed by atoms with Gasteiger partial charge < -0.3 is 0 Å². The summed E-state index contributed by atoms with van der Waals surface area (Å²) in [7, 11) is -3.49. The van der Waals surface area contributed by atoms with Gasteiger partial charge in [-0.05, 0) is 43.7 Å². The van der Waals surface area contributed by atoms with E-state index in [0.29, 0.717) is 38.8 Å². The van der Waals surface area contributed by atoms with Gasteiger partial charge in [0, 0.05) is 29.5 Å². The number of hydrogen-bond donors (Lipinski definition) is 1. The van der Waals surface area contributed by atoms with Gasteiger partial charge in [0.15, 0.2) is 5.13 Å². The molecule has 0 unspecified atom stereocenters. The van der Waals surface area contributed by atoms with Crippen LogP contribution in [0.2, 0.25) is 0 Å². The van der Waals surface area contributed by atoms with E-state index in [4.69, 9.17) is 0 Å². The van der Waals surface area contributed by atoms with Crippen LogP contribution >= 0.6 is 22.7 Å². The highest BCUT2D eigenvalue weighted by atomic mass is 32.2. The molecule has 0 radical (unpaired) electrons. The topological polar surface area (TPSA) is 79.4 Å². The van der Waals surface area contributed by atoms with Crippen molar-refractivity contribution in [2.24, 2.45) is 5.92 Å². The van der Waals surface area contributed by atoms with Crippen LogP contribution in [0.25, 0.3) is 5.57 Å². The molecule has 9 heteroatoms. The molecule has 6 nitrogen and oxygen atoms in total. The number of sulfonamides is 1. The van der Waals surface area contributed by atoms with Crippen molar-refractivity contribution in [2.75, 3.05) is 18.4 Å². The molecule has 1 aliphatic carbocycles. The van der Waals surface area contributed by atoms with E-state index in [1.54, 1.807) is 22.6 Å². The van der Waals surface area contributed by atoms with Crippen molar-refractivity contribution in [3.8, 4) is 0 Å². The molecule has 1 amide bonds. The number of amides is 1. The number of allylic oxidation sites excluding steroid dienone is 1. The van der Waals surface area contributed by atoms with E-state index in [1.165, 1.54) is 35.5 Å². The van der Waals surface area contributed by atoms with Gasteiger partial charge in [-0.3, -0.25) is 10.1 Å². The zero-order chi connectivity index (χ0) is 20.3. The Labute approximate surface area is 179 Å². The molecule has 2 aliphatic rings. The number of thiazole rings is 1. The molecule has 0 atom stereocenters. The fourth-order valence-electron chi connectivity index (χ4n) is 3.92. The summed E-state index contributed by atoms with van der Waals surface area (Å²) < 4.78 is 27.9. The Kier molecular flexibility index (Phi) is 6.48. The highest BCUT2D eigenvalue weighted by Gasteiger charge is 2.29. The number of carbonyl (C=O) groups is 1. The van der Waals surface area contributed by atoms with Crippen LogP contribution in [0.5, 0.6) is 0 Å². The van der Waals surface area contributed by atoms with E-state index in [0.717, 1.165) is 32.1 Å². The minimum atomic E-state index is -3.49. The molecule has 2 aromatic heterocycles. The first kappa shape index (κ1) is 20.7. The number of hydrogen-bond acceptors (Lipinski definition) is 6. The summed E-state index contributed by atoms with van der Waals surface area (Å²) in [5, 5.41) is 5.21. The van der Waals surface area contributed by atoms with Crippen LogP contribution in [0.15, 0.2) is 34.0 Å². The number of nitrogens with zero attached hydrogens (tertiary/aromatic N) is 2. The number of rotatable bonds is 6. The van der Waals surface area contributed by atoms with Crippen LogP contribution in [-0.2, 0) is 14.8 Å². The number of piperidine rings is 1. The molecule has 156 valence electrons. The standard InChI is InChI=1S/C20H25N3O3S3/c24-19(22-20-21-10-13-27-20)16(14-15-6-2-3-7-15)17-8-9-18(28-17)29(25,26)23-11-4-1-5-12-23/h8-10,13-15H,1-7,11-12H2,(H,21,22,24)/b16-14-. The van der Waals surface area contributed by atoms with Crippen molar-refractivity contribution in [3.05, 3.63) is 34.7 Å². The van der Waals surface area contributed by atoms with Crippen molar-refractivity contribution < 1.29 is 13.2 Å². The lowest BCUT2D eigenvalue weighted by Crippen LogP contribution is -2.35. The first-order valence-electron chi connectivity index (χ1n) is 10.1. The predicted octanol–water partition coefficient (Wildman–Crippen LogP) is 4.59. The summed E-state index contributed by atoms with van der Waals surface area (Å²) in [6.07, 6.45) is 11.0. The van der Waals surface area contributed by atoms with Crippen LogP contribution in [0.3, 0.4) is 0 Å². The lowest BCUT2D eigenvalue weighted by molar-refractivity contribution is -0.111. The highest BCUT2D eigenvalue weighted by Crippen LogP contribution is 2.34. The Balaban J connectivity index is 1.61. The third kappa shape index (κ3) is 4.79. The van der Waals surface area contributed by atoms with Gasteiger partial charge in [-0.25, -0.2) is 13.4 Å². The van der Waals surface area contributed by atoms with E-state index in [9.17, 15) is 13.2 Å². The Morgan fingerprint density at radius 2 is 1.90 bits per heavy atom. The monoisotopic (exact) mass is 451 g/mol. The summed E-state index contributed by atoms with van der Waals surface area (Å²) in [6, 6.07) is 3.41. The molecule has 3 heterocycles. The highest BCUT2D eigenvalue weighted by molar-refractivity contribution is 7.91. The largest absolute Gasteiger partial charge is 0.298 e. The summed E-state index contributed by atoms with van der Waals surface area (Å²) in [5.74, 6) is 0.131. The fourth-order valence-corrected chi connectivity index (χ4v) is 7.44. The minimum Gasteiger partial charge on any atom is -0.298 e. The average Bonchev–Trinajstić information content (AvgIpc) is 3.49. The van der Waals surface area contributed by atoms with Crippen LogP contribution in [0, 0.1) is 5.92 Å². The molecule has 1 saturated heterocycles. The lowest BCUT2D eigenvalue weighted by Gasteiger charge is -2.25. The Morgan fingerprint density at radius 1 is 1.14 bits per heavy atom. The maximum absolute atomic E-state index is 13.0. The number of thiophene rings is 1. The number of aromatic nitrogens is 1. The molecule has 1 saturated carbocycles. The quantitative estimate of drug-likeness (QED) is 0.652. The van der Waals surface area contributed by atoms with Crippen LogP contribution in [0.4, 0.5) is 5.13 Å². The van der Waals surface area contributed by atoms with Crippen molar-refractivity contribution in [2.45, 2.75) is 49.2 Å². The third-order valence-corrected chi connectivity index (χ3v) is 9.63. The molecule has 4 rings (SSSR count). The second-order valence-corrected chi connectivity index (χ2v) is 11.6. The second kappa shape index (κ2) is 9.07. The molecule has 2 aromatic rings. The molecule has 0 spiro atoms. The SMILES string of the molecule is O=C(Nc1nccs1)/C(=C\C1CCCC1)c1ccc(S(=O)(=O)N2CCCCC2)s1. The second-order valence-electron chi connectivity index (χ2n) is 7.50. The normalized spacial score (nSPS) is 19.5. The van der Waals surface area contributed by atoms with Crippen LogP contribution in [-0.4, -0.2) is 36.7 Å². The van der Waals surface area contributed by atoms with Crippen molar-refractivity contribution >= 4 is 49.3 Å². The number of anilines is 1. The van der Waals surface area contributed by atoms with Crippen LogP contribution in [0.1, 0.15) is 49.8 Å². The zero-order valence-corrected chi connectivity index (χ0v) is 18.6. The van der Waals surface area contributed by atoms with E-state index in [1.807, 2.05) is 11.5 Å². The average molecular weight is 452 g/mol. The van der Waals surface area contributed by atoms with Gasteiger partial charge in [0.1, 0.15) is 4.21 Å². The Hall–Kier alpha value is -1.55. The van der Waals surface area contributed by atoms with Crippen molar-refractivity contribution in [1.82, 2.24) is 9.29 Å².